The van der Waals surface area contributed by atoms with Crippen LogP contribution in [0.4, 0.5) is 0 Å². The minimum Gasteiger partial charge on any atom is -0.351 e. The van der Waals surface area contributed by atoms with Crippen molar-refractivity contribution in [2.45, 2.75) is 26.3 Å². The first-order valence-corrected chi connectivity index (χ1v) is 5.71. The first-order chi connectivity index (χ1) is 7.63. The maximum Gasteiger partial charge on any atom is 0.234 e. The van der Waals surface area contributed by atoms with E-state index in [-0.39, 0.29) is 11.9 Å². The van der Waals surface area contributed by atoms with Gasteiger partial charge in [-0.25, -0.2) is 0 Å². The van der Waals surface area contributed by atoms with E-state index in [0.29, 0.717) is 6.54 Å². The van der Waals surface area contributed by atoms with Crippen LogP contribution in [-0.4, -0.2) is 25.0 Å². The summed E-state index contributed by atoms with van der Waals surface area (Å²) in [4.78, 5) is 11.2. The molecule has 1 heterocycles. The van der Waals surface area contributed by atoms with Crippen LogP contribution >= 0.6 is 0 Å². The van der Waals surface area contributed by atoms with Gasteiger partial charge in [0, 0.05) is 12.6 Å². The monoisotopic (exact) mass is 218 g/mol. The van der Waals surface area contributed by atoms with Gasteiger partial charge in [0.05, 0.1) is 6.54 Å². The molecule has 3 heteroatoms. The van der Waals surface area contributed by atoms with Gasteiger partial charge in [-0.05, 0) is 25.8 Å². The highest BCUT2D eigenvalue weighted by Crippen LogP contribution is 2.11. The molecule has 1 aromatic carbocycles. The quantitative estimate of drug-likeness (QED) is 0.775. The van der Waals surface area contributed by atoms with Crippen molar-refractivity contribution in [2.24, 2.45) is 0 Å². The van der Waals surface area contributed by atoms with Crippen molar-refractivity contribution in [3.8, 4) is 0 Å². The summed E-state index contributed by atoms with van der Waals surface area (Å²) in [7, 11) is 0. The van der Waals surface area contributed by atoms with E-state index in [1.807, 2.05) is 0 Å². The Hall–Kier alpha value is -1.35. The molecule has 2 N–H and O–H groups in total. The van der Waals surface area contributed by atoms with Crippen molar-refractivity contribution in [1.29, 1.82) is 0 Å². The Morgan fingerprint density at radius 2 is 1.94 bits per heavy atom. The van der Waals surface area contributed by atoms with Crippen molar-refractivity contribution < 1.29 is 4.79 Å². The van der Waals surface area contributed by atoms with Gasteiger partial charge in [-0.2, -0.15) is 0 Å². The second-order valence-electron chi connectivity index (χ2n) is 4.60. The first kappa shape index (κ1) is 11.1. The number of aryl methyl sites for hydroxylation is 2. The number of hydrogen-bond donors (Lipinski definition) is 2. The van der Waals surface area contributed by atoms with E-state index in [9.17, 15) is 4.79 Å². The molecule has 1 amide bonds. The van der Waals surface area contributed by atoms with Crippen molar-refractivity contribution in [3.05, 3.63) is 34.9 Å². The summed E-state index contributed by atoms with van der Waals surface area (Å²) in [5.41, 5.74) is 3.86. The van der Waals surface area contributed by atoms with E-state index in [1.54, 1.807) is 0 Å². The molecular weight excluding hydrogens is 200 g/mol. The van der Waals surface area contributed by atoms with Crippen molar-refractivity contribution >= 4 is 5.91 Å². The summed E-state index contributed by atoms with van der Waals surface area (Å²) in [5, 5.41) is 6.12. The number of nitrogens with one attached hydrogen (secondary N) is 2. The number of amides is 1. The normalized spacial score (nSPS) is 20.6. The van der Waals surface area contributed by atoms with E-state index >= 15 is 0 Å². The van der Waals surface area contributed by atoms with Gasteiger partial charge >= 0.3 is 0 Å². The Balaban J connectivity index is 2.05. The maximum absolute atomic E-state index is 11.2. The first-order valence-electron chi connectivity index (χ1n) is 5.71. The number of hydrogen-bond acceptors (Lipinski definition) is 2. The van der Waals surface area contributed by atoms with Crippen LogP contribution in [0.1, 0.15) is 16.7 Å². The van der Waals surface area contributed by atoms with E-state index in [2.05, 4.69) is 42.7 Å². The van der Waals surface area contributed by atoms with Gasteiger partial charge in [-0.15, -0.1) is 0 Å². The van der Waals surface area contributed by atoms with Gasteiger partial charge in [-0.3, -0.25) is 4.79 Å². The highest BCUT2D eigenvalue weighted by molar-refractivity contribution is 5.79. The molecule has 16 heavy (non-hydrogen) atoms. The summed E-state index contributed by atoms with van der Waals surface area (Å²) in [6.07, 6.45) is 0.904. The molecule has 1 aliphatic rings. The van der Waals surface area contributed by atoms with Gasteiger partial charge in [-0.1, -0.05) is 29.3 Å². The van der Waals surface area contributed by atoms with Gasteiger partial charge in [0.2, 0.25) is 5.91 Å². The molecule has 3 nitrogen and oxygen atoms in total. The predicted octanol–water partition coefficient (Wildman–Crippen LogP) is 0.934. The van der Waals surface area contributed by atoms with E-state index < -0.39 is 0 Å². The molecule has 0 aliphatic carbocycles. The second-order valence-corrected chi connectivity index (χ2v) is 4.60. The van der Waals surface area contributed by atoms with Crippen LogP contribution in [0.2, 0.25) is 0 Å². The molecule has 1 atom stereocenters. The molecule has 1 saturated heterocycles. The Morgan fingerprint density at radius 3 is 2.56 bits per heavy atom. The zero-order valence-electron chi connectivity index (χ0n) is 9.84. The van der Waals surface area contributed by atoms with Crippen LogP contribution in [0.5, 0.6) is 0 Å². The lowest BCUT2D eigenvalue weighted by Crippen LogP contribution is -2.52. The number of carbonyl (C=O) groups is 1. The van der Waals surface area contributed by atoms with Crippen LogP contribution in [0.15, 0.2) is 18.2 Å². The van der Waals surface area contributed by atoms with Crippen LogP contribution in [-0.2, 0) is 11.2 Å². The van der Waals surface area contributed by atoms with Crippen LogP contribution in [0.25, 0.3) is 0 Å². The molecular formula is C13H18N2O. The third-order valence-electron chi connectivity index (χ3n) is 2.80. The second kappa shape index (κ2) is 4.66. The zero-order valence-corrected chi connectivity index (χ0v) is 9.84. The van der Waals surface area contributed by atoms with Gasteiger partial charge in [0.15, 0.2) is 0 Å². The van der Waals surface area contributed by atoms with Crippen LogP contribution in [0.3, 0.4) is 0 Å². The summed E-state index contributed by atoms with van der Waals surface area (Å²) >= 11 is 0. The fourth-order valence-corrected chi connectivity index (χ4v) is 2.28. The molecule has 2 rings (SSSR count). The van der Waals surface area contributed by atoms with Crippen molar-refractivity contribution in [1.82, 2.24) is 10.6 Å². The summed E-state index contributed by atoms with van der Waals surface area (Å²) in [6, 6.07) is 6.77. The van der Waals surface area contributed by atoms with Gasteiger partial charge in [0.25, 0.3) is 0 Å². The Bertz CT molecular complexity index is 381. The molecule has 1 fully saturated rings. The average Bonchev–Trinajstić information content (AvgIpc) is 2.15. The smallest absolute Gasteiger partial charge is 0.234 e. The topological polar surface area (TPSA) is 41.1 Å². The number of rotatable bonds is 2. The lowest BCUT2D eigenvalue weighted by atomic mass is 10.0. The van der Waals surface area contributed by atoms with Crippen molar-refractivity contribution in [2.75, 3.05) is 13.1 Å². The largest absolute Gasteiger partial charge is 0.351 e. The molecule has 0 radical (unpaired) electrons. The number of carbonyl (C=O) groups excluding carboxylic acids is 1. The average molecular weight is 218 g/mol. The third-order valence-corrected chi connectivity index (χ3v) is 2.80. The molecule has 0 bridgehead atoms. The highest BCUT2D eigenvalue weighted by atomic mass is 16.2. The number of piperazine rings is 1. The lowest BCUT2D eigenvalue weighted by molar-refractivity contribution is -0.122. The minimum atomic E-state index is 0.0978. The van der Waals surface area contributed by atoms with Crippen LogP contribution < -0.4 is 10.6 Å². The predicted molar refractivity (Wildman–Crippen MR) is 64.4 cm³/mol. The minimum absolute atomic E-state index is 0.0978. The van der Waals surface area contributed by atoms with E-state index in [1.165, 1.54) is 16.7 Å². The summed E-state index contributed by atoms with van der Waals surface area (Å²) in [5.74, 6) is 0.0978. The van der Waals surface area contributed by atoms with E-state index in [4.69, 9.17) is 0 Å². The summed E-state index contributed by atoms with van der Waals surface area (Å²) in [6.45, 7) is 5.52. The zero-order chi connectivity index (χ0) is 11.5. The van der Waals surface area contributed by atoms with Crippen LogP contribution in [0, 0.1) is 13.8 Å². The molecule has 0 saturated carbocycles. The fourth-order valence-electron chi connectivity index (χ4n) is 2.28. The van der Waals surface area contributed by atoms with Gasteiger partial charge < -0.3 is 10.6 Å². The van der Waals surface area contributed by atoms with Crippen molar-refractivity contribution in [3.63, 3.8) is 0 Å². The molecule has 1 unspecified atom stereocenters. The Labute approximate surface area is 96.2 Å². The highest BCUT2D eigenvalue weighted by Gasteiger charge is 2.17. The Morgan fingerprint density at radius 1 is 1.25 bits per heavy atom. The maximum atomic E-state index is 11.2. The molecule has 0 aromatic heterocycles. The van der Waals surface area contributed by atoms with Gasteiger partial charge in [0.1, 0.15) is 0 Å². The SMILES string of the molecule is Cc1cc(C)cc(CC2CNCC(=O)N2)c1. The standard InChI is InChI=1S/C13H18N2O/c1-9-3-10(2)5-11(4-9)6-12-7-14-8-13(16)15-12/h3-5,12,14H,6-8H2,1-2H3,(H,15,16). The number of benzene rings is 1. The fraction of sp³-hybridized carbons (Fsp3) is 0.462. The Kier molecular flexibility index (Phi) is 3.25. The lowest BCUT2D eigenvalue weighted by Gasteiger charge is -2.24. The molecule has 86 valence electrons. The molecule has 0 spiro atoms. The molecule has 1 aromatic rings. The van der Waals surface area contributed by atoms with E-state index in [0.717, 1.165) is 13.0 Å². The molecule has 1 aliphatic heterocycles. The summed E-state index contributed by atoms with van der Waals surface area (Å²) < 4.78 is 0. The third kappa shape index (κ3) is 2.83.